The van der Waals surface area contributed by atoms with Gasteiger partial charge in [0.25, 0.3) is 0 Å². The molecule has 0 bridgehead atoms. The Bertz CT molecular complexity index is 1210. The predicted octanol–water partition coefficient (Wildman–Crippen LogP) is 4.82. The van der Waals surface area contributed by atoms with E-state index in [0.29, 0.717) is 17.5 Å². The van der Waals surface area contributed by atoms with Crippen molar-refractivity contribution in [2.24, 2.45) is 5.92 Å². The molecule has 7 heteroatoms. The number of hydrogen-bond donors (Lipinski definition) is 0. The average Bonchev–Trinajstić information content (AvgIpc) is 3.44. The number of fused-ring (bicyclic) bond motifs is 1. The second kappa shape index (κ2) is 8.36. The van der Waals surface area contributed by atoms with Crippen molar-refractivity contribution in [1.82, 2.24) is 19.4 Å². The second-order valence-electron chi connectivity index (χ2n) is 7.57. The highest BCUT2D eigenvalue weighted by Crippen LogP contribution is 2.31. The molecule has 1 unspecified atom stereocenters. The van der Waals surface area contributed by atoms with Crippen molar-refractivity contribution in [3.8, 4) is 29.3 Å². The van der Waals surface area contributed by atoms with Gasteiger partial charge in [0.2, 0.25) is 5.88 Å². The second-order valence-corrected chi connectivity index (χ2v) is 7.57. The molecule has 1 aliphatic rings. The fourth-order valence-corrected chi connectivity index (χ4v) is 3.89. The van der Waals surface area contributed by atoms with E-state index in [1.54, 1.807) is 0 Å². The number of rotatable bonds is 6. The molecule has 0 saturated carbocycles. The Morgan fingerprint density at radius 1 is 0.935 bits per heavy atom. The number of benzene rings is 2. The maximum Gasteiger partial charge on any atom is 0.247 e. The van der Waals surface area contributed by atoms with Gasteiger partial charge < -0.3 is 18.9 Å². The summed E-state index contributed by atoms with van der Waals surface area (Å²) in [4.78, 5) is 10.6. The Balaban J connectivity index is 1.34. The van der Waals surface area contributed by atoms with Crippen molar-refractivity contribution >= 4 is 11.0 Å². The van der Waals surface area contributed by atoms with Crippen molar-refractivity contribution < 1.29 is 9.47 Å². The van der Waals surface area contributed by atoms with Crippen LogP contribution in [0.25, 0.3) is 11.0 Å². The number of likely N-dealkylation sites (tertiary alicyclic amines) is 1. The SMILES string of the molecule is N#CN1CCC(Cn2ccc3ncnc(Oc4ccc(Oc5ccccc5)cc4)c32)C1. The number of aromatic nitrogens is 3. The number of hydrogen-bond acceptors (Lipinski definition) is 6. The Morgan fingerprint density at radius 2 is 1.68 bits per heavy atom. The van der Waals surface area contributed by atoms with Crippen molar-refractivity contribution in [3.05, 3.63) is 73.2 Å². The molecule has 1 fully saturated rings. The zero-order chi connectivity index (χ0) is 21.0. The molecular formula is C24H21N5O2. The first-order valence-electron chi connectivity index (χ1n) is 10.2. The first-order valence-corrected chi connectivity index (χ1v) is 10.2. The van der Waals surface area contributed by atoms with Crippen LogP contribution in [-0.4, -0.2) is 32.5 Å². The zero-order valence-corrected chi connectivity index (χ0v) is 16.9. The molecule has 5 rings (SSSR count). The Morgan fingerprint density at radius 3 is 2.42 bits per heavy atom. The van der Waals surface area contributed by atoms with E-state index in [2.05, 4.69) is 20.7 Å². The summed E-state index contributed by atoms with van der Waals surface area (Å²) in [5.41, 5.74) is 1.70. The first-order chi connectivity index (χ1) is 15.3. The van der Waals surface area contributed by atoms with Crippen molar-refractivity contribution in [2.45, 2.75) is 13.0 Å². The Labute approximate surface area is 180 Å². The van der Waals surface area contributed by atoms with Crippen LogP contribution in [0.1, 0.15) is 6.42 Å². The minimum atomic E-state index is 0.415. The van der Waals surface area contributed by atoms with Crippen molar-refractivity contribution in [2.75, 3.05) is 13.1 Å². The summed E-state index contributed by atoms with van der Waals surface area (Å²) in [6.45, 7) is 2.40. The standard InChI is InChI=1S/C24H21N5O2/c25-16-28-12-10-18(14-28)15-29-13-11-22-23(29)24(27-17-26-22)31-21-8-6-20(7-9-21)30-19-4-2-1-3-5-19/h1-9,11,13,17-18H,10,12,14-15H2. The van der Waals surface area contributed by atoms with Crippen LogP contribution in [-0.2, 0) is 6.54 Å². The summed E-state index contributed by atoms with van der Waals surface area (Å²) in [5.74, 6) is 3.12. The van der Waals surface area contributed by atoms with Crippen LogP contribution < -0.4 is 9.47 Å². The lowest BCUT2D eigenvalue weighted by Crippen LogP contribution is -2.16. The van der Waals surface area contributed by atoms with Crippen molar-refractivity contribution in [3.63, 3.8) is 0 Å². The van der Waals surface area contributed by atoms with E-state index in [1.165, 1.54) is 6.33 Å². The molecule has 2 aromatic carbocycles. The lowest BCUT2D eigenvalue weighted by Gasteiger charge is -2.14. The van der Waals surface area contributed by atoms with E-state index in [-0.39, 0.29) is 0 Å². The molecule has 4 aromatic rings. The molecule has 1 saturated heterocycles. The van der Waals surface area contributed by atoms with Gasteiger partial charge in [-0.25, -0.2) is 4.98 Å². The van der Waals surface area contributed by atoms with E-state index in [0.717, 1.165) is 48.6 Å². The Kier molecular flexibility index (Phi) is 5.11. The fourth-order valence-electron chi connectivity index (χ4n) is 3.89. The molecule has 1 atom stereocenters. The monoisotopic (exact) mass is 411 g/mol. The van der Waals surface area contributed by atoms with Gasteiger partial charge in [-0.1, -0.05) is 18.2 Å². The van der Waals surface area contributed by atoms with E-state index in [4.69, 9.17) is 14.7 Å². The fraction of sp³-hybridized carbons (Fsp3) is 0.208. The minimum Gasteiger partial charge on any atom is -0.457 e. The van der Waals surface area contributed by atoms with Gasteiger partial charge in [0, 0.05) is 25.8 Å². The number of nitriles is 1. The molecule has 7 nitrogen and oxygen atoms in total. The maximum atomic E-state index is 9.11. The summed E-state index contributed by atoms with van der Waals surface area (Å²) in [7, 11) is 0. The summed E-state index contributed by atoms with van der Waals surface area (Å²) in [5, 5.41) is 9.11. The normalized spacial score (nSPS) is 15.7. The first kappa shape index (κ1) is 18.9. The van der Waals surface area contributed by atoms with Gasteiger partial charge in [-0.15, -0.1) is 0 Å². The molecular weight excluding hydrogens is 390 g/mol. The zero-order valence-electron chi connectivity index (χ0n) is 16.9. The molecule has 1 aliphatic heterocycles. The molecule has 0 aliphatic carbocycles. The van der Waals surface area contributed by atoms with Crippen LogP contribution in [0.3, 0.4) is 0 Å². The van der Waals surface area contributed by atoms with E-state index in [1.807, 2.05) is 71.8 Å². The van der Waals surface area contributed by atoms with Crippen molar-refractivity contribution in [1.29, 1.82) is 5.26 Å². The lowest BCUT2D eigenvalue weighted by molar-refractivity contribution is 0.421. The quantitative estimate of drug-likeness (QED) is 0.424. The summed E-state index contributed by atoms with van der Waals surface area (Å²) >= 11 is 0. The summed E-state index contributed by atoms with van der Waals surface area (Å²) in [6, 6.07) is 19.1. The number of para-hydroxylation sites is 1. The average molecular weight is 411 g/mol. The summed E-state index contributed by atoms with van der Waals surface area (Å²) < 4.78 is 14.1. The predicted molar refractivity (Wildman–Crippen MR) is 116 cm³/mol. The number of ether oxygens (including phenoxy) is 2. The van der Waals surface area contributed by atoms with Gasteiger partial charge >= 0.3 is 0 Å². The molecule has 154 valence electrons. The van der Waals surface area contributed by atoms with Crippen LogP contribution in [0.5, 0.6) is 23.1 Å². The third-order valence-corrected chi connectivity index (χ3v) is 5.42. The van der Waals surface area contributed by atoms with E-state index in [9.17, 15) is 0 Å². The topological polar surface area (TPSA) is 76.2 Å². The van der Waals surface area contributed by atoms with E-state index < -0.39 is 0 Å². The van der Waals surface area contributed by atoms with Gasteiger partial charge in [0.1, 0.15) is 29.1 Å². The molecule has 3 heterocycles. The van der Waals surface area contributed by atoms with Crippen LogP contribution in [0, 0.1) is 17.4 Å². The third kappa shape index (κ3) is 4.14. The Hall–Kier alpha value is -4.05. The van der Waals surface area contributed by atoms with Crippen LogP contribution in [0.15, 0.2) is 73.2 Å². The molecule has 2 aromatic heterocycles. The van der Waals surface area contributed by atoms with Crippen LogP contribution in [0.4, 0.5) is 0 Å². The molecule has 31 heavy (non-hydrogen) atoms. The van der Waals surface area contributed by atoms with Gasteiger partial charge in [0.15, 0.2) is 6.19 Å². The molecule has 0 radical (unpaired) electrons. The van der Waals surface area contributed by atoms with Gasteiger partial charge in [-0.2, -0.15) is 10.2 Å². The molecule has 0 spiro atoms. The van der Waals surface area contributed by atoms with Crippen LogP contribution in [0.2, 0.25) is 0 Å². The highest BCUT2D eigenvalue weighted by molar-refractivity contribution is 5.80. The van der Waals surface area contributed by atoms with Gasteiger partial charge in [0.05, 0.1) is 5.52 Å². The highest BCUT2D eigenvalue weighted by Gasteiger charge is 2.23. The maximum absolute atomic E-state index is 9.11. The van der Waals surface area contributed by atoms with Crippen LogP contribution >= 0.6 is 0 Å². The minimum absolute atomic E-state index is 0.415. The third-order valence-electron chi connectivity index (χ3n) is 5.42. The lowest BCUT2D eigenvalue weighted by atomic mass is 10.1. The molecule has 0 N–H and O–H groups in total. The van der Waals surface area contributed by atoms with E-state index >= 15 is 0 Å². The molecule has 0 amide bonds. The largest absolute Gasteiger partial charge is 0.457 e. The van der Waals surface area contributed by atoms with Gasteiger partial charge in [-0.3, -0.25) is 0 Å². The highest BCUT2D eigenvalue weighted by atomic mass is 16.5. The summed E-state index contributed by atoms with van der Waals surface area (Å²) in [6.07, 6.45) is 6.77. The number of nitrogens with zero attached hydrogens (tertiary/aromatic N) is 5. The van der Waals surface area contributed by atoms with Gasteiger partial charge in [-0.05, 0) is 54.8 Å². The smallest absolute Gasteiger partial charge is 0.247 e.